The number of rotatable bonds is 5. The van der Waals surface area contributed by atoms with Crippen molar-refractivity contribution in [2.24, 2.45) is 0 Å². The molecule has 5 heteroatoms. The molecule has 112 valence electrons. The van der Waals surface area contributed by atoms with Crippen molar-refractivity contribution in [3.8, 4) is 0 Å². The molecule has 1 nitrogen and oxygen atoms in total. The Hall–Kier alpha value is -1.33. The molecule has 0 amide bonds. The summed E-state index contributed by atoms with van der Waals surface area (Å²) in [6.45, 7) is 2.67. The smallest absolute Gasteiger partial charge is 0.126 e. The Kier molecular flexibility index (Phi) is 5.42. The fraction of sp³-hybridized carbons (Fsp3) is 0.250. The second-order valence-electron chi connectivity index (χ2n) is 4.76. The first-order chi connectivity index (χ1) is 10.0. The summed E-state index contributed by atoms with van der Waals surface area (Å²) in [4.78, 5) is 0. The summed E-state index contributed by atoms with van der Waals surface area (Å²) in [6.07, 6.45) is 0.868. The van der Waals surface area contributed by atoms with Crippen LogP contribution in [0.15, 0.2) is 40.9 Å². The molecule has 0 saturated carbocycles. The summed E-state index contributed by atoms with van der Waals surface area (Å²) in [6, 6.07) is 7.26. The van der Waals surface area contributed by atoms with Crippen molar-refractivity contribution in [2.75, 3.05) is 6.54 Å². The van der Waals surface area contributed by atoms with Gasteiger partial charge in [0.15, 0.2) is 0 Å². The van der Waals surface area contributed by atoms with Gasteiger partial charge in [0.05, 0.1) is 6.04 Å². The molecule has 2 aromatic carbocycles. The molecular weight excluding hydrogens is 343 g/mol. The first-order valence-corrected chi connectivity index (χ1v) is 7.45. The Labute approximate surface area is 130 Å². The molecule has 2 aromatic rings. The van der Waals surface area contributed by atoms with Crippen LogP contribution in [-0.2, 0) is 0 Å². The molecule has 0 radical (unpaired) electrons. The highest BCUT2D eigenvalue weighted by Crippen LogP contribution is 2.30. The van der Waals surface area contributed by atoms with Crippen LogP contribution in [0.1, 0.15) is 30.5 Å². The van der Waals surface area contributed by atoms with Gasteiger partial charge in [-0.2, -0.15) is 0 Å². The zero-order chi connectivity index (χ0) is 15.4. The molecule has 21 heavy (non-hydrogen) atoms. The van der Waals surface area contributed by atoms with Crippen molar-refractivity contribution in [1.82, 2.24) is 5.32 Å². The molecule has 0 aromatic heterocycles. The van der Waals surface area contributed by atoms with Crippen LogP contribution >= 0.6 is 15.9 Å². The monoisotopic (exact) mass is 357 g/mol. The van der Waals surface area contributed by atoms with Crippen LogP contribution in [0.25, 0.3) is 0 Å². The van der Waals surface area contributed by atoms with Crippen molar-refractivity contribution < 1.29 is 13.2 Å². The van der Waals surface area contributed by atoms with Gasteiger partial charge in [-0.05, 0) is 48.4 Å². The molecule has 0 bridgehead atoms. The summed E-state index contributed by atoms with van der Waals surface area (Å²) in [5.41, 5.74) is 1.20. The van der Waals surface area contributed by atoms with E-state index in [2.05, 4.69) is 21.2 Å². The predicted octanol–water partition coefficient (Wildman–Crippen LogP) is 4.96. The minimum Gasteiger partial charge on any atom is -0.306 e. The van der Waals surface area contributed by atoms with Gasteiger partial charge < -0.3 is 5.32 Å². The van der Waals surface area contributed by atoms with Crippen molar-refractivity contribution in [2.45, 2.75) is 19.4 Å². The molecule has 0 fully saturated rings. The average Bonchev–Trinajstić information content (AvgIpc) is 2.40. The van der Waals surface area contributed by atoms with Gasteiger partial charge in [-0.1, -0.05) is 28.9 Å². The molecule has 0 aliphatic rings. The minimum atomic E-state index is -0.633. The van der Waals surface area contributed by atoms with Gasteiger partial charge >= 0.3 is 0 Å². The van der Waals surface area contributed by atoms with Gasteiger partial charge in [0.2, 0.25) is 0 Å². The standard InChI is InChI=1S/C16H15BrF3N/c1-2-5-21-16(10-6-12(19)8-13(20)7-10)14-4-3-11(18)9-15(14)17/h3-4,6-9,16,21H,2,5H2,1H3. The molecule has 2 rings (SSSR count). The highest BCUT2D eigenvalue weighted by molar-refractivity contribution is 9.10. The Morgan fingerprint density at radius 1 is 1.00 bits per heavy atom. The molecule has 1 atom stereocenters. The van der Waals surface area contributed by atoms with E-state index in [1.807, 2.05) is 6.92 Å². The summed E-state index contributed by atoms with van der Waals surface area (Å²) in [5, 5.41) is 3.23. The third-order valence-electron chi connectivity index (χ3n) is 3.09. The van der Waals surface area contributed by atoms with E-state index in [1.165, 1.54) is 24.3 Å². The van der Waals surface area contributed by atoms with Crippen LogP contribution in [0, 0.1) is 17.5 Å². The third kappa shape index (κ3) is 4.08. The zero-order valence-corrected chi connectivity index (χ0v) is 13.1. The van der Waals surface area contributed by atoms with Crippen molar-refractivity contribution >= 4 is 15.9 Å². The number of nitrogens with one attached hydrogen (secondary N) is 1. The van der Waals surface area contributed by atoms with E-state index >= 15 is 0 Å². The average molecular weight is 358 g/mol. The largest absolute Gasteiger partial charge is 0.306 e. The molecule has 0 saturated heterocycles. The first kappa shape index (κ1) is 16.0. The quantitative estimate of drug-likeness (QED) is 0.797. The van der Waals surface area contributed by atoms with E-state index in [0.29, 0.717) is 16.6 Å². The molecule has 1 unspecified atom stereocenters. The number of hydrogen-bond acceptors (Lipinski definition) is 1. The fourth-order valence-corrected chi connectivity index (χ4v) is 2.75. The molecular formula is C16H15BrF3N. The van der Waals surface area contributed by atoms with Gasteiger partial charge in [-0.25, -0.2) is 13.2 Å². The number of halogens is 4. The predicted molar refractivity (Wildman–Crippen MR) is 80.6 cm³/mol. The number of benzene rings is 2. The van der Waals surface area contributed by atoms with Crippen molar-refractivity contribution in [3.63, 3.8) is 0 Å². The topological polar surface area (TPSA) is 12.0 Å². The second kappa shape index (κ2) is 7.09. The second-order valence-corrected chi connectivity index (χ2v) is 5.61. The van der Waals surface area contributed by atoms with E-state index in [9.17, 15) is 13.2 Å². The van der Waals surface area contributed by atoms with Crippen molar-refractivity contribution in [1.29, 1.82) is 0 Å². The normalized spacial score (nSPS) is 12.4. The van der Waals surface area contributed by atoms with Crippen LogP contribution in [0.4, 0.5) is 13.2 Å². The minimum absolute atomic E-state index is 0.370. The summed E-state index contributed by atoms with van der Waals surface area (Å²) in [5.74, 6) is -1.64. The molecule has 0 heterocycles. The van der Waals surface area contributed by atoms with Crippen LogP contribution in [0.3, 0.4) is 0 Å². The van der Waals surface area contributed by atoms with Gasteiger partial charge in [0.25, 0.3) is 0 Å². The Morgan fingerprint density at radius 3 is 2.24 bits per heavy atom. The van der Waals surface area contributed by atoms with E-state index in [1.54, 1.807) is 6.07 Å². The van der Waals surface area contributed by atoms with Crippen LogP contribution in [0.2, 0.25) is 0 Å². The van der Waals surface area contributed by atoms with Gasteiger partial charge in [0, 0.05) is 10.5 Å². The lowest BCUT2D eigenvalue weighted by atomic mass is 9.98. The van der Waals surface area contributed by atoms with E-state index in [-0.39, 0.29) is 5.82 Å². The van der Waals surface area contributed by atoms with E-state index in [4.69, 9.17) is 0 Å². The maximum atomic E-state index is 13.5. The summed E-state index contributed by atoms with van der Waals surface area (Å²) < 4.78 is 40.7. The highest BCUT2D eigenvalue weighted by atomic mass is 79.9. The third-order valence-corrected chi connectivity index (χ3v) is 3.78. The molecule has 1 N–H and O–H groups in total. The lowest BCUT2D eigenvalue weighted by Gasteiger charge is -2.21. The summed E-state index contributed by atoms with van der Waals surface area (Å²) in [7, 11) is 0. The highest BCUT2D eigenvalue weighted by Gasteiger charge is 2.18. The molecule has 0 spiro atoms. The van der Waals surface area contributed by atoms with Gasteiger partial charge in [0.1, 0.15) is 17.5 Å². The first-order valence-electron chi connectivity index (χ1n) is 6.65. The van der Waals surface area contributed by atoms with Gasteiger partial charge in [-0.15, -0.1) is 0 Å². The SMILES string of the molecule is CCCNC(c1cc(F)cc(F)c1)c1ccc(F)cc1Br. The number of hydrogen-bond donors (Lipinski definition) is 1. The summed E-state index contributed by atoms with van der Waals surface area (Å²) >= 11 is 3.31. The molecule has 0 aliphatic heterocycles. The lowest BCUT2D eigenvalue weighted by molar-refractivity contribution is 0.556. The zero-order valence-electron chi connectivity index (χ0n) is 11.5. The van der Waals surface area contributed by atoms with Crippen LogP contribution in [0.5, 0.6) is 0 Å². The maximum absolute atomic E-state index is 13.5. The Balaban J connectivity index is 2.46. The Morgan fingerprint density at radius 2 is 1.67 bits per heavy atom. The maximum Gasteiger partial charge on any atom is 0.126 e. The van der Waals surface area contributed by atoms with E-state index < -0.39 is 17.7 Å². The fourth-order valence-electron chi connectivity index (χ4n) is 2.17. The van der Waals surface area contributed by atoms with E-state index in [0.717, 1.165) is 18.1 Å². The van der Waals surface area contributed by atoms with Gasteiger partial charge in [-0.3, -0.25) is 0 Å². The van der Waals surface area contributed by atoms with Crippen LogP contribution in [-0.4, -0.2) is 6.54 Å². The molecule has 0 aliphatic carbocycles. The Bertz CT molecular complexity index is 611. The van der Waals surface area contributed by atoms with Crippen molar-refractivity contribution in [3.05, 3.63) is 69.4 Å². The van der Waals surface area contributed by atoms with Crippen LogP contribution < -0.4 is 5.32 Å². The lowest BCUT2D eigenvalue weighted by Crippen LogP contribution is -2.24.